The number of nitrogens with one attached hydrogen (secondary N) is 2. The summed E-state index contributed by atoms with van der Waals surface area (Å²) in [6.45, 7) is 3.25. The smallest absolute Gasteiger partial charge is 0.348 e. The van der Waals surface area contributed by atoms with Gasteiger partial charge >= 0.3 is 12.0 Å². The molecule has 1 unspecified atom stereocenters. The summed E-state index contributed by atoms with van der Waals surface area (Å²) in [4.78, 5) is 52.7. The molecule has 2 aromatic carbocycles. The van der Waals surface area contributed by atoms with Crippen molar-refractivity contribution in [1.29, 1.82) is 0 Å². The summed E-state index contributed by atoms with van der Waals surface area (Å²) >= 11 is 1.08. The highest BCUT2D eigenvalue weighted by atomic mass is 32.1. The van der Waals surface area contributed by atoms with E-state index in [2.05, 4.69) is 10.6 Å². The number of anilines is 1. The molecule has 0 radical (unpaired) electrons. The second-order valence-electron chi connectivity index (χ2n) is 8.15. The minimum absolute atomic E-state index is 0.244. The predicted octanol–water partition coefficient (Wildman–Crippen LogP) is 3.86. The van der Waals surface area contributed by atoms with Crippen molar-refractivity contribution < 1.29 is 23.9 Å². The largest absolute Gasteiger partial charge is 0.462 e. The van der Waals surface area contributed by atoms with Crippen LogP contribution < -0.4 is 10.6 Å². The Hall–Kier alpha value is -3.98. The van der Waals surface area contributed by atoms with E-state index in [9.17, 15) is 19.2 Å². The van der Waals surface area contributed by atoms with Gasteiger partial charge in [0.25, 0.3) is 5.91 Å². The van der Waals surface area contributed by atoms with Gasteiger partial charge < -0.3 is 15.4 Å². The lowest BCUT2D eigenvalue weighted by Gasteiger charge is -2.27. The number of amides is 4. The number of benzene rings is 2. The molecule has 1 saturated heterocycles. The van der Waals surface area contributed by atoms with E-state index in [4.69, 9.17) is 4.74 Å². The third-order valence-electron chi connectivity index (χ3n) is 5.70. The molecule has 180 valence electrons. The topological polar surface area (TPSA) is 105 Å². The van der Waals surface area contributed by atoms with Crippen LogP contribution in [0.15, 0.2) is 66.7 Å². The van der Waals surface area contributed by atoms with Gasteiger partial charge in [0.15, 0.2) is 5.54 Å². The van der Waals surface area contributed by atoms with E-state index in [1.165, 1.54) is 0 Å². The van der Waals surface area contributed by atoms with Crippen molar-refractivity contribution in [2.75, 3.05) is 18.5 Å². The standard InChI is InChI=1S/C26H25N3O5S/c1-3-34-23(31)22-17(2)14-21(35-22)27-20(30)16-29-24(32)26(28-25(29)33,19-12-8-5-9-13-19)15-18-10-6-4-7-11-18/h4-14H,3,15-16H2,1-2H3,(H,27,30)(H,28,33). The van der Waals surface area contributed by atoms with Gasteiger partial charge in [0.2, 0.25) is 5.91 Å². The first-order valence-corrected chi connectivity index (χ1v) is 12.0. The minimum Gasteiger partial charge on any atom is -0.462 e. The van der Waals surface area contributed by atoms with Gasteiger partial charge in [-0.25, -0.2) is 9.59 Å². The molecule has 4 rings (SSSR count). The second kappa shape index (κ2) is 10.1. The highest BCUT2D eigenvalue weighted by Gasteiger charge is 2.52. The molecule has 0 spiro atoms. The Bertz CT molecular complexity index is 1260. The molecular weight excluding hydrogens is 466 g/mol. The number of imide groups is 1. The fourth-order valence-corrected chi connectivity index (χ4v) is 5.06. The number of urea groups is 1. The maximum absolute atomic E-state index is 13.7. The van der Waals surface area contributed by atoms with E-state index in [1.807, 2.05) is 36.4 Å². The van der Waals surface area contributed by atoms with Crippen LogP contribution in [0.5, 0.6) is 0 Å². The maximum Gasteiger partial charge on any atom is 0.348 e. The van der Waals surface area contributed by atoms with E-state index in [0.717, 1.165) is 21.8 Å². The highest BCUT2D eigenvalue weighted by Crippen LogP contribution is 2.33. The first-order chi connectivity index (χ1) is 16.8. The summed E-state index contributed by atoms with van der Waals surface area (Å²) in [5, 5.41) is 5.96. The summed E-state index contributed by atoms with van der Waals surface area (Å²) in [6, 6.07) is 19.4. The molecule has 0 saturated carbocycles. The molecule has 9 heteroatoms. The van der Waals surface area contributed by atoms with Gasteiger partial charge in [-0.2, -0.15) is 0 Å². The first kappa shape index (κ1) is 24.2. The lowest BCUT2D eigenvalue weighted by atomic mass is 9.83. The number of esters is 1. The van der Waals surface area contributed by atoms with Crippen LogP contribution in [0.2, 0.25) is 0 Å². The highest BCUT2D eigenvalue weighted by molar-refractivity contribution is 7.18. The summed E-state index contributed by atoms with van der Waals surface area (Å²) in [6.07, 6.45) is 0.244. The van der Waals surface area contributed by atoms with Crippen molar-refractivity contribution >= 4 is 40.2 Å². The molecule has 0 aliphatic carbocycles. The maximum atomic E-state index is 13.7. The van der Waals surface area contributed by atoms with Gasteiger partial charge in [-0.15, -0.1) is 11.3 Å². The van der Waals surface area contributed by atoms with Crippen LogP contribution in [0, 0.1) is 6.92 Å². The Labute approximate surface area is 206 Å². The minimum atomic E-state index is -1.32. The number of carbonyl (C=O) groups excluding carboxylic acids is 4. The van der Waals surface area contributed by atoms with Crippen molar-refractivity contribution in [1.82, 2.24) is 10.2 Å². The Morgan fingerprint density at radius 2 is 1.71 bits per heavy atom. The molecular formula is C26H25N3O5S. The molecule has 1 aliphatic heterocycles. The van der Waals surface area contributed by atoms with E-state index >= 15 is 0 Å². The van der Waals surface area contributed by atoms with Crippen LogP contribution in [-0.4, -0.2) is 41.9 Å². The molecule has 1 aliphatic rings. The van der Waals surface area contributed by atoms with Crippen molar-refractivity contribution in [3.63, 3.8) is 0 Å². The number of aryl methyl sites for hydroxylation is 1. The number of rotatable bonds is 8. The Morgan fingerprint density at radius 1 is 1.06 bits per heavy atom. The van der Waals surface area contributed by atoms with Gasteiger partial charge in [0.05, 0.1) is 11.6 Å². The zero-order valence-corrected chi connectivity index (χ0v) is 20.2. The molecule has 8 nitrogen and oxygen atoms in total. The number of carbonyl (C=O) groups is 4. The molecule has 0 bridgehead atoms. The molecule has 1 fully saturated rings. The Balaban J connectivity index is 1.54. The van der Waals surface area contributed by atoms with Crippen LogP contribution in [0.4, 0.5) is 9.80 Å². The SMILES string of the molecule is CCOC(=O)c1sc(NC(=O)CN2C(=O)NC(Cc3ccccc3)(c3ccccc3)C2=O)cc1C. The summed E-state index contributed by atoms with van der Waals surface area (Å²) in [7, 11) is 0. The van der Waals surface area contributed by atoms with Gasteiger partial charge in [0, 0.05) is 6.42 Å². The second-order valence-corrected chi connectivity index (χ2v) is 9.20. The lowest BCUT2D eigenvalue weighted by molar-refractivity contribution is -0.134. The van der Waals surface area contributed by atoms with Gasteiger partial charge in [0.1, 0.15) is 11.4 Å². The summed E-state index contributed by atoms with van der Waals surface area (Å²) in [5.41, 5.74) is 0.857. The number of nitrogens with zero attached hydrogens (tertiary/aromatic N) is 1. The molecule has 3 aromatic rings. The van der Waals surface area contributed by atoms with Gasteiger partial charge in [-0.05, 0) is 36.6 Å². The zero-order chi connectivity index (χ0) is 25.0. The van der Waals surface area contributed by atoms with E-state index in [1.54, 1.807) is 44.2 Å². The van der Waals surface area contributed by atoms with Crippen molar-refractivity contribution in [3.8, 4) is 0 Å². The predicted molar refractivity (Wildman–Crippen MR) is 132 cm³/mol. The number of ether oxygens (including phenoxy) is 1. The third-order valence-corrected chi connectivity index (χ3v) is 6.83. The van der Waals surface area contributed by atoms with Crippen molar-refractivity contribution in [3.05, 3.63) is 88.3 Å². The van der Waals surface area contributed by atoms with Gasteiger partial charge in [-0.3, -0.25) is 14.5 Å². The molecule has 35 heavy (non-hydrogen) atoms. The molecule has 1 aromatic heterocycles. The number of thiophene rings is 1. The molecule has 2 heterocycles. The third kappa shape index (κ3) is 4.95. The summed E-state index contributed by atoms with van der Waals surface area (Å²) < 4.78 is 5.03. The van der Waals surface area contributed by atoms with E-state index in [-0.39, 0.29) is 13.0 Å². The molecule has 4 amide bonds. The van der Waals surface area contributed by atoms with E-state index in [0.29, 0.717) is 21.0 Å². The first-order valence-electron chi connectivity index (χ1n) is 11.1. The monoisotopic (exact) mass is 491 g/mol. The van der Waals surface area contributed by atoms with Crippen molar-refractivity contribution in [2.24, 2.45) is 0 Å². The number of hydrogen-bond acceptors (Lipinski definition) is 6. The van der Waals surface area contributed by atoms with Gasteiger partial charge in [-0.1, -0.05) is 60.7 Å². The van der Waals surface area contributed by atoms with Crippen LogP contribution in [0.1, 0.15) is 33.3 Å². The van der Waals surface area contributed by atoms with Crippen molar-refractivity contribution in [2.45, 2.75) is 25.8 Å². The normalized spacial score (nSPS) is 17.3. The van der Waals surface area contributed by atoms with Crippen LogP contribution in [0.25, 0.3) is 0 Å². The Kier molecular flexibility index (Phi) is 6.97. The summed E-state index contributed by atoms with van der Waals surface area (Å²) in [5.74, 6) is -1.51. The fraction of sp³-hybridized carbons (Fsp3) is 0.231. The molecule has 1 atom stereocenters. The van der Waals surface area contributed by atoms with Crippen LogP contribution >= 0.6 is 11.3 Å². The quantitative estimate of drug-likeness (QED) is 0.368. The lowest BCUT2D eigenvalue weighted by Crippen LogP contribution is -2.46. The average Bonchev–Trinajstić information content (AvgIpc) is 3.32. The molecule has 2 N–H and O–H groups in total. The van der Waals surface area contributed by atoms with Crippen LogP contribution in [-0.2, 0) is 26.3 Å². The van der Waals surface area contributed by atoms with Crippen LogP contribution in [0.3, 0.4) is 0 Å². The number of hydrogen-bond donors (Lipinski definition) is 2. The Morgan fingerprint density at radius 3 is 2.37 bits per heavy atom. The average molecular weight is 492 g/mol. The van der Waals surface area contributed by atoms with E-state index < -0.39 is 35.9 Å². The fourth-order valence-electron chi connectivity index (χ4n) is 4.08. The zero-order valence-electron chi connectivity index (χ0n) is 19.4.